The first kappa shape index (κ1) is 12.9. The Balaban J connectivity index is 2.10. The first-order valence-electron chi connectivity index (χ1n) is 6.26. The summed E-state index contributed by atoms with van der Waals surface area (Å²) in [6, 6.07) is 0.588. The van der Waals surface area contributed by atoms with Crippen molar-refractivity contribution in [3.05, 3.63) is 0 Å². The van der Waals surface area contributed by atoms with E-state index in [1.54, 1.807) is 7.11 Å². The fourth-order valence-electron chi connectivity index (χ4n) is 1.99. The zero-order chi connectivity index (χ0) is 11.1. The highest BCUT2D eigenvalue weighted by molar-refractivity contribution is 4.86. The van der Waals surface area contributed by atoms with Crippen molar-refractivity contribution in [3.8, 4) is 0 Å². The Kier molecular flexibility index (Phi) is 6.22. The number of nitrogens with one attached hydrogen (secondary N) is 1. The summed E-state index contributed by atoms with van der Waals surface area (Å²) in [5.41, 5.74) is 0. The van der Waals surface area contributed by atoms with E-state index in [9.17, 15) is 0 Å². The van der Waals surface area contributed by atoms with Crippen LogP contribution in [0.15, 0.2) is 0 Å². The second-order valence-corrected chi connectivity index (χ2v) is 4.38. The Labute approximate surface area is 94.2 Å². The van der Waals surface area contributed by atoms with Crippen molar-refractivity contribution in [2.24, 2.45) is 5.92 Å². The maximum absolute atomic E-state index is 5.24. The highest BCUT2D eigenvalue weighted by Crippen LogP contribution is 2.32. The van der Waals surface area contributed by atoms with Crippen molar-refractivity contribution in [1.82, 2.24) is 10.2 Å². The van der Waals surface area contributed by atoms with Crippen molar-refractivity contribution in [2.75, 3.05) is 39.9 Å². The summed E-state index contributed by atoms with van der Waals surface area (Å²) in [6.07, 6.45) is 2.76. The van der Waals surface area contributed by atoms with Gasteiger partial charge in [0, 0.05) is 26.2 Å². The van der Waals surface area contributed by atoms with Gasteiger partial charge in [0.05, 0.1) is 6.61 Å². The van der Waals surface area contributed by atoms with Crippen LogP contribution in [0.25, 0.3) is 0 Å². The van der Waals surface area contributed by atoms with Gasteiger partial charge >= 0.3 is 0 Å². The highest BCUT2D eigenvalue weighted by Gasteiger charge is 2.30. The van der Waals surface area contributed by atoms with Crippen molar-refractivity contribution >= 4 is 0 Å². The maximum atomic E-state index is 5.24. The molecular formula is C12H26N2O. The molecule has 0 aromatic heterocycles. The largest absolute Gasteiger partial charge is 0.383 e. The molecule has 1 fully saturated rings. The zero-order valence-corrected chi connectivity index (χ0v) is 10.5. The first-order valence-corrected chi connectivity index (χ1v) is 6.26. The average Bonchev–Trinajstić information content (AvgIpc) is 3.06. The topological polar surface area (TPSA) is 24.5 Å². The van der Waals surface area contributed by atoms with Crippen LogP contribution >= 0.6 is 0 Å². The van der Waals surface area contributed by atoms with Crippen molar-refractivity contribution in [3.63, 3.8) is 0 Å². The van der Waals surface area contributed by atoms with Gasteiger partial charge in [-0.15, -0.1) is 0 Å². The van der Waals surface area contributed by atoms with E-state index in [4.69, 9.17) is 4.74 Å². The third-order valence-corrected chi connectivity index (χ3v) is 3.27. The van der Waals surface area contributed by atoms with Crippen LogP contribution in [-0.4, -0.2) is 50.8 Å². The summed E-state index contributed by atoms with van der Waals surface area (Å²) < 4.78 is 5.24. The Hall–Kier alpha value is -0.120. The van der Waals surface area contributed by atoms with Gasteiger partial charge in [-0.3, -0.25) is 0 Å². The molecule has 0 heterocycles. The van der Waals surface area contributed by atoms with E-state index in [1.807, 2.05) is 0 Å². The molecule has 15 heavy (non-hydrogen) atoms. The van der Waals surface area contributed by atoms with Gasteiger partial charge in [0.25, 0.3) is 0 Å². The fourth-order valence-corrected chi connectivity index (χ4v) is 1.99. The van der Waals surface area contributed by atoms with Crippen LogP contribution in [0.3, 0.4) is 0 Å². The maximum Gasteiger partial charge on any atom is 0.0618 e. The van der Waals surface area contributed by atoms with E-state index in [2.05, 4.69) is 24.1 Å². The monoisotopic (exact) mass is 214 g/mol. The molecule has 90 valence electrons. The van der Waals surface area contributed by atoms with Crippen LogP contribution in [0.2, 0.25) is 0 Å². The minimum Gasteiger partial charge on any atom is -0.383 e. The van der Waals surface area contributed by atoms with E-state index < -0.39 is 0 Å². The number of methoxy groups -OCH3 is 1. The minimum atomic E-state index is 0.588. The molecule has 0 amide bonds. The number of hydrogen-bond acceptors (Lipinski definition) is 3. The van der Waals surface area contributed by atoms with Gasteiger partial charge in [-0.05, 0) is 31.8 Å². The predicted molar refractivity (Wildman–Crippen MR) is 64.2 cm³/mol. The number of ether oxygens (including phenoxy) is 1. The summed E-state index contributed by atoms with van der Waals surface area (Å²) in [6.45, 7) is 9.84. The Morgan fingerprint density at radius 1 is 1.33 bits per heavy atom. The number of likely N-dealkylation sites (N-methyl/N-ethyl adjacent to an activating group) is 1. The molecule has 1 N–H and O–H groups in total. The molecule has 0 aliphatic heterocycles. The molecule has 1 aliphatic rings. The van der Waals surface area contributed by atoms with Crippen LogP contribution < -0.4 is 5.32 Å². The Bertz CT molecular complexity index is 156. The molecule has 0 saturated heterocycles. The molecule has 0 bridgehead atoms. The molecule has 0 spiro atoms. The summed E-state index contributed by atoms with van der Waals surface area (Å²) in [7, 11) is 1.79. The van der Waals surface area contributed by atoms with Gasteiger partial charge in [-0.2, -0.15) is 0 Å². The first-order chi connectivity index (χ1) is 7.31. The summed E-state index contributed by atoms with van der Waals surface area (Å²) in [4.78, 5) is 2.45. The lowest BCUT2D eigenvalue weighted by Gasteiger charge is -2.22. The van der Waals surface area contributed by atoms with Crippen LogP contribution in [0.5, 0.6) is 0 Å². The molecule has 3 heteroatoms. The molecule has 0 radical (unpaired) electrons. The van der Waals surface area contributed by atoms with Crippen LogP contribution in [0.1, 0.15) is 26.7 Å². The summed E-state index contributed by atoms with van der Waals surface area (Å²) in [5.74, 6) is 0.877. The Morgan fingerprint density at radius 3 is 2.47 bits per heavy atom. The third-order valence-electron chi connectivity index (χ3n) is 3.27. The molecule has 3 nitrogen and oxygen atoms in total. The van der Waals surface area contributed by atoms with E-state index in [-0.39, 0.29) is 0 Å². The van der Waals surface area contributed by atoms with Crippen LogP contribution in [0, 0.1) is 5.92 Å². The normalized spacial score (nSPS) is 18.4. The molecule has 1 rings (SSSR count). The van der Waals surface area contributed by atoms with E-state index in [0.29, 0.717) is 6.04 Å². The predicted octanol–water partition coefficient (Wildman–Crippen LogP) is 1.34. The van der Waals surface area contributed by atoms with Gasteiger partial charge in [0.1, 0.15) is 0 Å². The van der Waals surface area contributed by atoms with E-state index in [0.717, 1.165) is 38.7 Å². The lowest BCUT2D eigenvalue weighted by molar-refractivity contribution is 0.155. The van der Waals surface area contributed by atoms with Gasteiger partial charge < -0.3 is 15.0 Å². The zero-order valence-electron chi connectivity index (χ0n) is 10.5. The third kappa shape index (κ3) is 4.96. The number of rotatable bonds is 9. The lowest BCUT2D eigenvalue weighted by Crippen LogP contribution is -2.40. The fraction of sp³-hybridized carbons (Fsp3) is 1.00. The molecule has 1 saturated carbocycles. The van der Waals surface area contributed by atoms with Gasteiger partial charge in [0.2, 0.25) is 0 Å². The molecule has 0 aromatic carbocycles. The summed E-state index contributed by atoms with van der Waals surface area (Å²) in [5, 5.41) is 3.62. The van der Waals surface area contributed by atoms with Crippen molar-refractivity contribution in [1.29, 1.82) is 0 Å². The smallest absolute Gasteiger partial charge is 0.0618 e. The van der Waals surface area contributed by atoms with E-state index in [1.165, 1.54) is 12.8 Å². The lowest BCUT2D eigenvalue weighted by atomic mass is 10.2. The second-order valence-electron chi connectivity index (χ2n) is 4.38. The quantitative estimate of drug-likeness (QED) is 0.627. The highest BCUT2D eigenvalue weighted by atomic mass is 16.5. The second kappa shape index (κ2) is 7.20. The number of nitrogens with zero attached hydrogens (tertiary/aromatic N) is 1. The van der Waals surface area contributed by atoms with E-state index >= 15 is 0 Å². The summed E-state index contributed by atoms with van der Waals surface area (Å²) >= 11 is 0. The molecule has 1 unspecified atom stereocenters. The average molecular weight is 214 g/mol. The SMILES string of the molecule is CCN(CC)CCNC(COC)C1CC1. The van der Waals surface area contributed by atoms with Crippen LogP contribution in [-0.2, 0) is 4.74 Å². The molecule has 1 aliphatic carbocycles. The van der Waals surface area contributed by atoms with Gasteiger partial charge in [-0.25, -0.2) is 0 Å². The van der Waals surface area contributed by atoms with Crippen LogP contribution in [0.4, 0.5) is 0 Å². The standard InChI is InChI=1S/C12H26N2O/c1-4-14(5-2)9-8-13-12(10-15-3)11-6-7-11/h11-13H,4-10H2,1-3H3. The Morgan fingerprint density at radius 2 is 2.00 bits per heavy atom. The minimum absolute atomic E-state index is 0.588. The van der Waals surface area contributed by atoms with Crippen molar-refractivity contribution in [2.45, 2.75) is 32.7 Å². The molecule has 1 atom stereocenters. The number of hydrogen-bond donors (Lipinski definition) is 1. The molecular weight excluding hydrogens is 188 g/mol. The molecule has 0 aromatic rings. The van der Waals surface area contributed by atoms with Gasteiger partial charge in [-0.1, -0.05) is 13.8 Å². The van der Waals surface area contributed by atoms with Crippen molar-refractivity contribution < 1.29 is 4.74 Å². The van der Waals surface area contributed by atoms with Gasteiger partial charge in [0.15, 0.2) is 0 Å².